The highest BCUT2D eigenvalue weighted by molar-refractivity contribution is 6.07. The number of carbonyl (C=O) groups is 4. The lowest BCUT2D eigenvalue weighted by molar-refractivity contribution is -0.127. The van der Waals surface area contributed by atoms with Crippen molar-refractivity contribution in [3.05, 3.63) is 96.1 Å². The Kier molecular flexibility index (Phi) is 5.56. The van der Waals surface area contributed by atoms with E-state index in [4.69, 9.17) is 0 Å². The predicted octanol–water partition coefficient (Wildman–Crippen LogP) is 4.27. The first-order valence-electron chi connectivity index (χ1n) is 12.2. The van der Waals surface area contributed by atoms with Gasteiger partial charge in [0.05, 0.1) is 0 Å². The van der Waals surface area contributed by atoms with Gasteiger partial charge < -0.3 is 10.6 Å². The van der Waals surface area contributed by atoms with Gasteiger partial charge in [0.15, 0.2) is 0 Å². The Bertz CT molecular complexity index is 1460. The van der Waals surface area contributed by atoms with Gasteiger partial charge in [0.1, 0.15) is 12.1 Å². The minimum Gasteiger partial charge on any atom is -0.322 e. The molecule has 8 nitrogen and oxygen atoms in total. The molecule has 0 saturated carbocycles. The van der Waals surface area contributed by atoms with Crippen LogP contribution >= 0.6 is 0 Å². The number of hydrogen-bond acceptors (Lipinski definition) is 4. The second-order valence-corrected chi connectivity index (χ2v) is 9.24. The molecule has 0 radical (unpaired) electrons. The molecule has 2 aliphatic rings. The molecular formula is C29H24N4O4. The third-order valence-electron chi connectivity index (χ3n) is 7.08. The highest BCUT2D eigenvalue weighted by atomic mass is 16.2. The Morgan fingerprint density at radius 2 is 0.946 bits per heavy atom. The largest absolute Gasteiger partial charge is 0.325 e. The minimum absolute atomic E-state index is 0.0991. The van der Waals surface area contributed by atoms with Crippen LogP contribution < -0.4 is 10.6 Å². The van der Waals surface area contributed by atoms with Gasteiger partial charge in [-0.3, -0.25) is 19.4 Å². The van der Waals surface area contributed by atoms with Crippen LogP contribution in [0, 0.1) is 0 Å². The molecule has 0 spiro atoms. The zero-order chi connectivity index (χ0) is 25.5. The minimum atomic E-state index is -0.772. The lowest BCUT2D eigenvalue weighted by atomic mass is 9.98. The zero-order valence-corrected chi connectivity index (χ0v) is 19.9. The van der Waals surface area contributed by atoms with Crippen molar-refractivity contribution in [2.75, 3.05) is 13.1 Å². The number of nitrogens with zero attached hydrogens (tertiary/aromatic N) is 2. The highest BCUT2D eigenvalue weighted by Crippen LogP contribution is 2.30. The summed E-state index contributed by atoms with van der Waals surface area (Å²) in [6.45, 7) is 0.198. The van der Waals surface area contributed by atoms with Crippen LogP contribution in [0.15, 0.2) is 84.9 Å². The molecule has 4 aromatic carbocycles. The number of hydrogen-bond donors (Lipinski definition) is 2. The predicted molar refractivity (Wildman–Crippen MR) is 138 cm³/mol. The van der Waals surface area contributed by atoms with E-state index in [1.165, 1.54) is 0 Å². The molecule has 2 saturated heterocycles. The summed E-state index contributed by atoms with van der Waals surface area (Å²) in [6.07, 6.45) is 0.281. The topological polar surface area (TPSA) is 98.8 Å². The number of carbonyl (C=O) groups excluding carboxylic acids is 4. The summed E-state index contributed by atoms with van der Waals surface area (Å²) in [7, 11) is 0. The van der Waals surface area contributed by atoms with Crippen molar-refractivity contribution in [1.82, 2.24) is 20.4 Å². The molecule has 0 bridgehead atoms. The molecule has 2 aliphatic heterocycles. The second-order valence-electron chi connectivity index (χ2n) is 9.24. The first kappa shape index (κ1) is 22.7. The lowest BCUT2D eigenvalue weighted by Gasteiger charge is -2.17. The number of imide groups is 2. The molecule has 6 amide bonds. The molecule has 2 unspecified atom stereocenters. The van der Waals surface area contributed by atoms with Crippen molar-refractivity contribution in [3.8, 4) is 0 Å². The molecule has 2 atom stereocenters. The van der Waals surface area contributed by atoms with Crippen LogP contribution in [0.3, 0.4) is 0 Å². The SMILES string of the molecule is O=C1NC(c2cccc3ccccc23)C(=O)N1CCCN1C(=O)NC(c2cccc3ccccc23)C1=O. The Hall–Kier alpha value is -4.72. The Balaban J connectivity index is 1.14. The maximum atomic E-state index is 13.2. The second kappa shape index (κ2) is 9.05. The van der Waals surface area contributed by atoms with Crippen LogP contribution in [0.4, 0.5) is 9.59 Å². The van der Waals surface area contributed by atoms with Gasteiger partial charge in [-0.05, 0) is 39.1 Å². The Morgan fingerprint density at radius 3 is 1.41 bits per heavy atom. The van der Waals surface area contributed by atoms with Gasteiger partial charge in [-0.15, -0.1) is 0 Å². The van der Waals surface area contributed by atoms with E-state index in [1.54, 1.807) is 0 Å². The lowest BCUT2D eigenvalue weighted by Crippen LogP contribution is -2.36. The van der Waals surface area contributed by atoms with Gasteiger partial charge in [0, 0.05) is 13.1 Å². The van der Waals surface area contributed by atoms with Crippen molar-refractivity contribution in [2.45, 2.75) is 18.5 Å². The van der Waals surface area contributed by atoms with Crippen molar-refractivity contribution < 1.29 is 19.2 Å². The van der Waals surface area contributed by atoms with Crippen molar-refractivity contribution in [3.63, 3.8) is 0 Å². The Morgan fingerprint density at radius 1 is 0.541 bits per heavy atom. The monoisotopic (exact) mass is 492 g/mol. The van der Waals surface area contributed by atoms with E-state index in [9.17, 15) is 19.2 Å². The van der Waals surface area contributed by atoms with Gasteiger partial charge >= 0.3 is 12.1 Å². The summed E-state index contributed by atoms with van der Waals surface area (Å²) >= 11 is 0. The maximum Gasteiger partial charge on any atom is 0.325 e. The van der Waals surface area contributed by atoms with Gasteiger partial charge in [-0.2, -0.15) is 0 Å². The molecule has 2 heterocycles. The third-order valence-corrected chi connectivity index (χ3v) is 7.08. The van der Waals surface area contributed by atoms with Crippen molar-refractivity contribution >= 4 is 45.4 Å². The molecule has 37 heavy (non-hydrogen) atoms. The molecule has 2 fully saturated rings. The van der Waals surface area contributed by atoms with Gasteiger partial charge in [-0.1, -0.05) is 84.9 Å². The molecular weight excluding hydrogens is 468 g/mol. The quantitative estimate of drug-likeness (QED) is 0.393. The highest BCUT2D eigenvalue weighted by Gasteiger charge is 2.41. The summed E-state index contributed by atoms with van der Waals surface area (Å²) in [5.74, 6) is -0.681. The van der Waals surface area contributed by atoms with E-state index in [-0.39, 0.29) is 31.3 Å². The van der Waals surface area contributed by atoms with Gasteiger partial charge in [0.25, 0.3) is 11.8 Å². The molecule has 6 rings (SSSR count). The van der Waals surface area contributed by atoms with Crippen LogP contribution in [0.5, 0.6) is 0 Å². The summed E-state index contributed by atoms with van der Waals surface area (Å²) in [5.41, 5.74) is 1.48. The standard InChI is InChI=1S/C29H24N4O4/c34-26-24(22-14-5-10-18-8-1-3-12-20(18)22)30-28(36)32(26)16-7-17-33-27(35)25(31-29(33)37)23-15-6-11-19-9-2-4-13-21(19)23/h1-6,8-15,24-25H,7,16-17H2,(H,30,36)(H,31,37). The average Bonchev–Trinajstić information content (AvgIpc) is 3.37. The fourth-order valence-corrected chi connectivity index (χ4v) is 5.27. The molecule has 0 aliphatic carbocycles. The first-order valence-corrected chi connectivity index (χ1v) is 12.2. The summed E-state index contributed by atoms with van der Waals surface area (Å²) in [5, 5.41) is 9.35. The normalized spacial score (nSPS) is 19.7. The maximum absolute atomic E-state index is 13.2. The fourth-order valence-electron chi connectivity index (χ4n) is 5.27. The van der Waals surface area contributed by atoms with E-state index in [1.807, 2.05) is 84.9 Å². The third kappa shape index (κ3) is 3.87. The van der Waals surface area contributed by atoms with E-state index >= 15 is 0 Å². The molecule has 0 aromatic heterocycles. The summed E-state index contributed by atoms with van der Waals surface area (Å²) in [6, 6.07) is 24.3. The fraction of sp³-hybridized carbons (Fsp3) is 0.172. The van der Waals surface area contributed by atoms with Crippen molar-refractivity contribution in [2.24, 2.45) is 0 Å². The van der Waals surface area contributed by atoms with E-state index in [0.29, 0.717) is 0 Å². The number of amides is 6. The number of nitrogens with one attached hydrogen (secondary N) is 2. The zero-order valence-electron chi connectivity index (χ0n) is 19.9. The van der Waals surface area contributed by atoms with Crippen LogP contribution in [0.1, 0.15) is 29.6 Å². The number of benzene rings is 4. The average molecular weight is 493 g/mol. The Labute approximate surface area is 212 Å². The molecule has 4 aromatic rings. The van der Waals surface area contributed by atoms with Crippen molar-refractivity contribution in [1.29, 1.82) is 0 Å². The summed E-state index contributed by atoms with van der Waals surface area (Å²) < 4.78 is 0. The van der Waals surface area contributed by atoms with E-state index < -0.39 is 24.1 Å². The summed E-state index contributed by atoms with van der Waals surface area (Å²) in [4.78, 5) is 54.0. The number of fused-ring (bicyclic) bond motifs is 2. The molecule has 8 heteroatoms. The van der Waals surface area contributed by atoms with E-state index in [0.717, 1.165) is 42.5 Å². The van der Waals surface area contributed by atoms with Gasteiger partial charge in [-0.25, -0.2) is 9.59 Å². The number of rotatable bonds is 6. The molecule has 2 N–H and O–H groups in total. The van der Waals surface area contributed by atoms with Crippen LogP contribution in [0.2, 0.25) is 0 Å². The van der Waals surface area contributed by atoms with Crippen LogP contribution in [-0.4, -0.2) is 46.8 Å². The molecule has 184 valence electrons. The smallest absolute Gasteiger partial charge is 0.322 e. The first-order chi connectivity index (χ1) is 18.0. The van der Waals surface area contributed by atoms with E-state index in [2.05, 4.69) is 10.6 Å². The van der Waals surface area contributed by atoms with Crippen LogP contribution in [0.25, 0.3) is 21.5 Å². The number of urea groups is 2. The van der Waals surface area contributed by atoms with Gasteiger partial charge in [0.2, 0.25) is 0 Å². The van der Waals surface area contributed by atoms with Crippen LogP contribution in [-0.2, 0) is 9.59 Å².